The van der Waals surface area contributed by atoms with Gasteiger partial charge in [0.2, 0.25) is 5.95 Å². The normalized spacial score (nSPS) is 15.8. The predicted octanol–water partition coefficient (Wildman–Crippen LogP) is 2.12. The fraction of sp³-hybridized carbons (Fsp3) is 0.636. The van der Waals surface area contributed by atoms with Crippen LogP contribution < -0.4 is 10.6 Å². The molecule has 0 spiro atoms. The summed E-state index contributed by atoms with van der Waals surface area (Å²) in [5.74, 6) is 2.48. The van der Waals surface area contributed by atoms with E-state index in [9.17, 15) is 0 Å². The zero-order valence-electron chi connectivity index (χ0n) is 9.16. The van der Waals surface area contributed by atoms with E-state index in [1.807, 2.05) is 13.0 Å². The van der Waals surface area contributed by atoms with Crippen LogP contribution in [0.1, 0.15) is 26.2 Å². The molecule has 0 atom stereocenters. The monoisotopic (exact) mass is 206 g/mol. The molecule has 0 aromatic carbocycles. The van der Waals surface area contributed by atoms with Crippen LogP contribution in [0, 0.1) is 5.92 Å². The number of hydrogen-bond donors (Lipinski definition) is 2. The van der Waals surface area contributed by atoms with Gasteiger partial charge < -0.3 is 10.6 Å². The molecule has 4 nitrogen and oxygen atoms in total. The summed E-state index contributed by atoms with van der Waals surface area (Å²) in [6.45, 7) is 3.94. The molecular formula is C11H18N4. The summed E-state index contributed by atoms with van der Waals surface area (Å²) in [5, 5.41) is 6.46. The van der Waals surface area contributed by atoms with Gasteiger partial charge in [0, 0.05) is 19.3 Å². The first kappa shape index (κ1) is 10.2. The van der Waals surface area contributed by atoms with Gasteiger partial charge in [-0.3, -0.25) is 0 Å². The van der Waals surface area contributed by atoms with Crippen LogP contribution in [-0.2, 0) is 0 Å². The van der Waals surface area contributed by atoms with Crippen molar-refractivity contribution in [1.82, 2.24) is 9.97 Å². The first-order valence-electron chi connectivity index (χ1n) is 5.69. The van der Waals surface area contributed by atoms with Crippen molar-refractivity contribution in [2.24, 2.45) is 5.92 Å². The lowest BCUT2D eigenvalue weighted by atomic mass is 9.85. The largest absolute Gasteiger partial charge is 0.370 e. The zero-order valence-corrected chi connectivity index (χ0v) is 9.16. The zero-order chi connectivity index (χ0) is 10.5. The maximum atomic E-state index is 4.36. The molecule has 1 heterocycles. The summed E-state index contributed by atoms with van der Waals surface area (Å²) in [5.41, 5.74) is 0. The SMILES string of the molecule is CCNc1nccc(NCC2CCC2)n1. The van der Waals surface area contributed by atoms with Gasteiger partial charge in [0.15, 0.2) is 0 Å². The summed E-state index contributed by atoms with van der Waals surface area (Å²) in [7, 11) is 0. The number of nitrogens with zero attached hydrogens (tertiary/aromatic N) is 2. The Morgan fingerprint density at radius 3 is 2.93 bits per heavy atom. The lowest BCUT2D eigenvalue weighted by Gasteiger charge is -2.25. The van der Waals surface area contributed by atoms with Crippen LogP contribution in [0.15, 0.2) is 12.3 Å². The van der Waals surface area contributed by atoms with E-state index in [1.54, 1.807) is 6.20 Å². The Hall–Kier alpha value is -1.32. The third-order valence-electron chi connectivity index (χ3n) is 2.79. The molecule has 2 rings (SSSR count). The van der Waals surface area contributed by atoms with Crippen molar-refractivity contribution in [3.8, 4) is 0 Å². The number of anilines is 2. The fourth-order valence-electron chi connectivity index (χ4n) is 1.65. The van der Waals surface area contributed by atoms with Crippen LogP contribution in [-0.4, -0.2) is 23.1 Å². The third-order valence-corrected chi connectivity index (χ3v) is 2.79. The quantitative estimate of drug-likeness (QED) is 0.774. The maximum Gasteiger partial charge on any atom is 0.224 e. The van der Waals surface area contributed by atoms with Crippen molar-refractivity contribution < 1.29 is 0 Å². The standard InChI is InChI=1S/C11H18N4/c1-2-12-11-13-7-6-10(15-11)14-8-9-4-3-5-9/h6-7,9H,2-5,8H2,1H3,(H2,12,13,14,15). The summed E-state index contributed by atoms with van der Waals surface area (Å²) >= 11 is 0. The molecule has 1 aliphatic rings. The molecule has 82 valence electrons. The molecule has 4 heteroatoms. The van der Waals surface area contributed by atoms with Gasteiger partial charge in [-0.25, -0.2) is 4.98 Å². The molecule has 1 aliphatic carbocycles. The smallest absolute Gasteiger partial charge is 0.224 e. The van der Waals surface area contributed by atoms with Crippen molar-refractivity contribution >= 4 is 11.8 Å². The summed E-state index contributed by atoms with van der Waals surface area (Å²) in [4.78, 5) is 8.49. The Kier molecular flexibility index (Phi) is 3.37. The van der Waals surface area contributed by atoms with Crippen molar-refractivity contribution in [2.45, 2.75) is 26.2 Å². The van der Waals surface area contributed by atoms with Gasteiger partial charge in [-0.2, -0.15) is 4.98 Å². The highest BCUT2D eigenvalue weighted by molar-refractivity contribution is 5.39. The van der Waals surface area contributed by atoms with Crippen LogP contribution in [0.2, 0.25) is 0 Å². The van der Waals surface area contributed by atoms with Gasteiger partial charge in [-0.05, 0) is 31.7 Å². The lowest BCUT2D eigenvalue weighted by molar-refractivity contribution is 0.333. The minimum atomic E-state index is 0.705. The molecule has 0 saturated heterocycles. The Balaban J connectivity index is 1.86. The van der Waals surface area contributed by atoms with E-state index < -0.39 is 0 Å². The molecule has 1 aromatic rings. The molecule has 0 radical (unpaired) electrons. The first-order valence-corrected chi connectivity index (χ1v) is 5.69. The van der Waals surface area contributed by atoms with Gasteiger partial charge in [-0.15, -0.1) is 0 Å². The number of hydrogen-bond acceptors (Lipinski definition) is 4. The summed E-state index contributed by atoms with van der Waals surface area (Å²) < 4.78 is 0. The van der Waals surface area contributed by atoms with Crippen molar-refractivity contribution in [3.63, 3.8) is 0 Å². The highest BCUT2D eigenvalue weighted by Gasteiger charge is 2.16. The average molecular weight is 206 g/mol. The van der Waals surface area contributed by atoms with Crippen LogP contribution >= 0.6 is 0 Å². The van der Waals surface area contributed by atoms with E-state index in [-0.39, 0.29) is 0 Å². The van der Waals surface area contributed by atoms with E-state index in [1.165, 1.54) is 19.3 Å². The second kappa shape index (κ2) is 4.96. The van der Waals surface area contributed by atoms with E-state index in [2.05, 4.69) is 20.6 Å². The van der Waals surface area contributed by atoms with E-state index in [0.29, 0.717) is 5.95 Å². The first-order chi connectivity index (χ1) is 7.38. The number of aromatic nitrogens is 2. The van der Waals surface area contributed by atoms with Gasteiger partial charge in [0.25, 0.3) is 0 Å². The molecule has 1 aromatic heterocycles. The highest BCUT2D eigenvalue weighted by atomic mass is 15.1. The summed E-state index contributed by atoms with van der Waals surface area (Å²) in [6.07, 6.45) is 5.89. The molecule has 0 aliphatic heterocycles. The molecular weight excluding hydrogens is 188 g/mol. The van der Waals surface area contributed by atoms with Crippen molar-refractivity contribution in [2.75, 3.05) is 23.7 Å². The number of nitrogens with one attached hydrogen (secondary N) is 2. The molecule has 1 saturated carbocycles. The molecule has 2 N–H and O–H groups in total. The van der Waals surface area contributed by atoms with Crippen molar-refractivity contribution in [1.29, 1.82) is 0 Å². The van der Waals surface area contributed by atoms with E-state index in [4.69, 9.17) is 0 Å². The molecule has 0 amide bonds. The Morgan fingerprint density at radius 2 is 2.27 bits per heavy atom. The van der Waals surface area contributed by atoms with Crippen LogP contribution in [0.3, 0.4) is 0 Å². The molecule has 0 bridgehead atoms. The topological polar surface area (TPSA) is 49.8 Å². The minimum absolute atomic E-state index is 0.705. The van der Waals surface area contributed by atoms with Crippen molar-refractivity contribution in [3.05, 3.63) is 12.3 Å². The third kappa shape index (κ3) is 2.81. The van der Waals surface area contributed by atoms with Crippen LogP contribution in [0.25, 0.3) is 0 Å². The minimum Gasteiger partial charge on any atom is -0.370 e. The average Bonchev–Trinajstić information content (AvgIpc) is 2.16. The second-order valence-corrected chi connectivity index (χ2v) is 3.97. The second-order valence-electron chi connectivity index (χ2n) is 3.97. The van der Waals surface area contributed by atoms with Crippen LogP contribution in [0.5, 0.6) is 0 Å². The molecule has 1 fully saturated rings. The lowest BCUT2D eigenvalue weighted by Crippen LogP contribution is -2.21. The molecule has 15 heavy (non-hydrogen) atoms. The van der Waals surface area contributed by atoms with E-state index >= 15 is 0 Å². The van der Waals surface area contributed by atoms with E-state index in [0.717, 1.165) is 24.8 Å². The Morgan fingerprint density at radius 1 is 1.40 bits per heavy atom. The van der Waals surface area contributed by atoms with Gasteiger partial charge in [0.1, 0.15) is 5.82 Å². The maximum absolute atomic E-state index is 4.36. The fourth-order valence-corrected chi connectivity index (χ4v) is 1.65. The van der Waals surface area contributed by atoms with Crippen LogP contribution in [0.4, 0.5) is 11.8 Å². The predicted molar refractivity (Wildman–Crippen MR) is 62.0 cm³/mol. The highest BCUT2D eigenvalue weighted by Crippen LogP contribution is 2.26. The molecule has 0 unspecified atom stereocenters. The Labute approximate surface area is 90.5 Å². The van der Waals surface area contributed by atoms with Gasteiger partial charge in [0.05, 0.1) is 0 Å². The van der Waals surface area contributed by atoms with Gasteiger partial charge in [-0.1, -0.05) is 6.42 Å². The van der Waals surface area contributed by atoms with Gasteiger partial charge >= 0.3 is 0 Å². The number of rotatable bonds is 5. The summed E-state index contributed by atoms with van der Waals surface area (Å²) in [6, 6.07) is 1.92. The Bertz CT molecular complexity index is 309.